The molecule has 37 heavy (non-hydrogen) atoms. The van der Waals surface area contributed by atoms with Gasteiger partial charge in [-0.2, -0.15) is 0 Å². The summed E-state index contributed by atoms with van der Waals surface area (Å²) in [7, 11) is 0. The number of hydrogen-bond donors (Lipinski definition) is 0. The zero-order valence-electron chi connectivity index (χ0n) is 19.7. The van der Waals surface area contributed by atoms with E-state index >= 15 is 0 Å². The quantitative estimate of drug-likeness (QED) is 0.225. The van der Waals surface area contributed by atoms with Crippen molar-refractivity contribution in [2.75, 3.05) is 0 Å². The van der Waals surface area contributed by atoms with Crippen LogP contribution in [-0.4, -0.2) is 9.97 Å². The first-order chi connectivity index (χ1) is 18.3. The van der Waals surface area contributed by atoms with Gasteiger partial charge in [0.15, 0.2) is 0 Å². The van der Waals surface area contributed by atoms with Gasteiger partial charge in [-0.15, -0.1) is 0 Å². The molecule has 0 radical (unpaired) electrons. The first-order valence-electron chi connectivity index (χ1n) is 12.5. The highest BCUT2D eigenvalue weighted by atomic mass is 16.3. The van der Waals surface area contributed by atoms with Gasteiger partial charge in [0.1, 0.15) is 11.2 Å². The van der Waals surface area contributed by atoms with Crippen molar-refractivity contribution in [1.82, 2.24) is 9.97 Å². The minimum absolute atomic E-state index is 0.878. The van der Waals surface area contributed by atoms with E-state index in [0.717, 1.165) is 55.0 Å². The molecular weight excluding hydrogens is 452 g/mol. The molecule has 0 fully saturated rings. The molecule has 3 heterocycles. The van der Waals surface area contributed by atoms with Gasteiger partial charge in [-0.05, 0) is 52.6 Å². The van der Waals surface area contributed by atoms with Crippen molar-refractivity contribution >= 4 is 54.5 Å². The fourth-order valence-electron chi connectivity index (χ4n) is 6.14. The van der Waals surface area contributed by atoms with E-state index < -0.39 is 0 Å². The summed E-state index contributed by atoms with van der Waals surface area (Å²) in [5.41, 5.74) is 10.8. The third-order valence-corrected chi connectivity index (χ3v) is 7.83. The van der Waals surface area contributed by atoms with Gasteiger partial charge in [0.05, 0.1) is 16.7 Å². The largest absolute Gasteiger partial charge is 0.455 e. The van der Waals surface area contributed by atoms with Crippen LogP contribution in [0.2, 0.25) is 0 Å². The normalized spacial score (nSPS) is 12.3. The van der Waals surface area contributed by atoms with Crippen LogP contribution in [0.1, 0.15) is 0 Å². The van der Waals surface area contributed by atoms with Crippen LogP contribution in [0.25, 0.3) is 88.0 Å². The van der Waals surface area contributed by atoms with E-state index in [-0.39, 0.29) is 0 Å². The summed E-state index contributed by atoms with van der Waals surface area (Å²) >= 11 is 0. The topological polar surface area (TPSA) is 38.9 Å². The number of pyridine rings is 2. The minimum atomic E-state index is 0.878. The van der Waals surface area contributed by atoms with E-state index in [1.807, 2.05) is 12.3 Å². The zero-order valence-corrected chi connectivity index (χ0v) is 19.7. The van der Waals surface area contributed by atoms with E-state index in [0.29, 0.717) is 0 Å². The molecule has 9 rings (SSSR count). The van der Waals surface area contributed by atoms with Gasteiger partial charge >= 0.3 is 0 Å². The highest BCUT2D eigenvalue weighted by Gasteiger charge is 2.24. The summed E-state index contributed by atoms with van der Waals surface area (Å²) in [5, 5.41) is 6.91. The van der Waals surface area contributed by atoms with E-state index in [4.69, 9.17) is 9.40 Å². The molecule has 0 aliphatic heterocycles. The summed E-state index contributed by atoms with van der Waals surface area (Å²) in [6.07, 6.45) is 1.83. The number of hydrogen-bond acceptors (Lipinski definition) is 3. The molecule has 3 heteroatoms. The Balaban J connectivity index is 1.29. The van der Waals surface area contributed by atoms with Crippen molar-refractivity contribution in [3.63, 3.8) is 0 Å². The lowest BCUT2D eigenvalue weighted by Gasteiger charge is -2.06. The maximum atomic E-state index is 6.58. The molecule has 170 valence electrons. The van der Waals surface area contributed by atoms with Crippen molar-refractivity contribution < 1.29 is 4.42 Å². The van der Waals surface area contributed by atoms with Crippen LogP contribution >= 0.6 is 0 Å². The molecule has 0 amide bonds. The monoisotopic (exact) mass is 470 g/mol. The highest BCUT2D eigenvalue weighted by molar-refractivity contribution is 6.26. The SMILES string of the molecule is c1ccc2c(c1)-c1cccc3c1c-2cc1c2ccc(-c4ccc5ccc6cccnc6c5n4)cc2oc31. The molecule has 0 bridgehead atoms. The number of fused-ring (bicyclic) bond motifs is 10. The Labute approximate surface area is 211 Å². The maximum absolute atomic E-state index is 6.58. The molecule has 5 aromatic carbocycles. The van der Waals surface area contributed by atoms with Crippen molar-refractivity contribution in [2.24, 2.45) is 0 Å². The second-order valence-electron chi connectivity index (χ2n) is 9.80. The number of aromatic nitrogens is 2. The molecule has 0 spiro atoms. The van der Waals surface area contributed by atoms with Crippen LogP contribution < -0.4 is 0 Å². The summed E-state index contributed by atoms with van der Waals surface area (Å²) < 4.78 is 6.58. The van der Waals surface area contributed by atoms with E-state index in [2.05, 4.69) is 102 Å². The van der Waals surface area contributed by atoms with Gasteiger partial charge in [0.2, 0.25) is 0 Å². The Morgan fingerprint density at radius 1 is 0.541 bits per heavy atom. The van der Waals surface area contributed by atoms with Gasteiger partial charge in [0.25, 0.3) is 0 Å². The van der Waals surface area contributed by atoms with E-state index in [9.17, 15) is 0 Å². The van der Waals surface area contributed by atoms with Crippen LogP contribution in [0.5, 0.6) is 0 Å². The molecule has 1 aliphatic carbocycles. The van der Waals surface area contributed by atoms with Crippen LogP contribution in [0.15, 0.2) is 114 Å². The van der Waals surface area contributed by atoms with Crippen molar-refractivity contribution in [3.8, 4) is 33.5 Å². The third-order valence-electron chi connectivity index (χ3n) is 7.83. The number of rotatable bonds is 1. The standard InChI is InChI=1S/C34H18N2O/c1-2-7-23-22(6-1)25-8-3-9-26-31(25)27(23)18-28-24-14-12-21(17-30(24)37-34(26)28)29-15-13-20-11-10-19-5-4-16-35-32(19)33(20)36-29/h1-18H. The minimum Gasteiger partial charge on any atom is -0.455 e. The van der Waals surface area contributed by atoms with Crippen molar-refractivity contribution in [1.29, 1.82) is 0 Å². The zero-order chi connectivity index (χ0) is 24.1. The second-order valence-corrected chi connectivity index (χ2v) is 9.80. The lowest BCUT2D eigenvalue weighted by atomic mass is 9.99. The Hall–Kier alpha value is -5.02. The predicted octanol–water partition coefficient (Wildman–Crippen LogP) is 9.15. The molecule has 0 saturated heterocycles. The van der Waals surface area contributed by atoms with Gasteiger partial charge in [-0.1, -0.05) is 72.8 Å². The molecule has 0 N–H and O–H groups in total. The average molecular weight is 471 g/mol. The molecule has 0 atom stereocenters. The average Bonchev–Trinajstić information content (AvgIpc) is 3.49. The second kappa shape index (κ2) is 6.80. The molecule has 1 aliphatic rings. The molecular formula is C34H18N2O. The first-order valence-corrected chi connectivity index (χ1v) is 12.5. The Bertz CT molecular complexity index is 2260. The fraction of sp³-hybridized carbons (Fsp3) is 0. The molecule has 3 nitrogen and oxygen atoms in total. The van der Waals surface area contributed by atoms with Crippen LogP contribution in [-0.2, 0) is 0 Å². The number of furan rings is 1. The summed E-state index contributed by atoms with van der Waals surface area (Å²) in [6.45, 7) is 0. The maximum Gasteiger partial charge on any atom is 0.143 e. The lowest BCUT2D eigenvalue weighted by molar-refractivity contribution is 0.673. The van der Waals surface area contributed by atoms with Gasteiger partial charge in [0, 0.05) is 44.1 Å². The molecule has 0 unspecified atom stereocenters. The van der Waals surface area contributed by atoms with Gasteiger partial charge in [-0.25, -0.2) is 4.98 Å². The van der Waals surface area contributed by atoms with E-state index in [1.165, 1.54) is 33.0 Å². The number of nitrogens with zero attached hydrogens (tertiary/aromatic N) is 2. The molecule has 0 saturated carbocycles. The van der Waals surface area contributed by atoms with Crippen LogP contribution in [0, 0.1) is 0 Å². The Morgan fingerprint density at radius 2 is 1.35 bits per heavy atom. The van der Waals surface area contributed by atoms with Gasteiger partial charge < -0.3 is 4.42 Å². The molecule has 8 aromatic rings. The fourth-order valence-corrected chi connectivity index (χ4v) is 6.14. The summed E-state index contributed by atoms with van der Waals surface area (Å²) in [6, 6.07) is 36.4. The highest BCUT2D eigenvalue weighted by Crippen LogP contribution is 2.50. The number of benzene rings is 5. The van der Waals surface area contributed by atoms with Crippen molar-refractivity contribution in [2.45, 2.75) is 0 Å². The smallest absolute Gasteiger partial charge is 0.143 e. The van der Waals surface area contributed by atoms with Crippen LogP contribution in [0.3, 0.4) is 0 Å². The Morgan fingerprint density at radius 3 is 2.27 bits per heavy atom. The summed E-state index contributed by atoms with van der Waals surface area (Å²) in [4.78, 5) is 9.65. The summed E-state index contributed by atoms with van der Waals surface area (Å²) in [5.74, 6) is 0. The molecule has 3 aromatic heterocycles. The Kier molecular flexibility index (Phi) is 3.53. The third kappa shape index (κ3) is 2.50. The first kappa shape index (κ1) is 19.2. The van der Waals surface area contributed by atoms with E-state index in [1.54, 1.807) is 0 Å². The van der Waals surface area contributed by atoms with Gasteiger partial charge in [-0.3, -0.25) is 4.98 Å². The lowest BCUT2D eigenvalue weighted by Crippen LogP contribution is -1.88. The van der Waals surface area contributed by atoms with Crippen LogP contribution in [0.4, 0.5) is 0 Å². The van der Waals surface area contributed by atoms with Crippen molar-refractivity contribution in [3.05, 3.63) is 109 Å². The predicted molar refractivity (Wildman–Crippen MR) is 152 cm³/mol.